The Morgan fingerprint density at radius 3 is 2.50 bits per heavy atom. The van der Waals surface area contributed by atoms with Gasteiger partial charge in [-0.3, -0.25) is 14.5 Å². The number of likely N-dealkylation sites (N-methyl/N-ethyl adjacent to an activating group) is 2. The van der Waals surface area contributed by atoms with E-state index < -0.39 is 11.8 Å². The van der Waals surface area contributed by atoms with Crippen LogP contribution in [0.4, 0.5) is 0 Å². The van der Waals surface area contributed by atoms with E-state index in [9.17, 15) is 9.59 Å². The molecule has 2 N–H and O–H groups in total. The second kappa shape index (κ2) is 6.80. The van der Waals surface area contributed by atoms with Crippen LogP contribution in [0.5, 0.6) is 0 Å². The van der Waals surface area contributed by atoms with Gasteiger partial charge in [-0.15, -0.1) is 0 Å². The predicted octanol–water partition coefficient (Wildman–Crippen LogP) is 0.135. The molecule has 0 aliphatic heterocycles. The lowest BCUT2D eigenvalue weighted by Crippen LogP contribution is -2.42. The molecule has 2 amide bonds. The Balaban J connectivity index is 2.54. The topological polar surface area (TPSA) is 74.6 Å². The van der Waals surface area contributed by atoms with Crippen LogP contribution in [0.15, 0.2) is 22.8 Å². The quantitative estimate of drug-likeness (QED) is 0.732. The molecule has 0 aliphatic rings. The van der Waals surface area contributed by atoms with Gasteiger partial charge in [-0.1, -0.05) is 0 Å². The highest BCUT2D eigenvalue weighted by atomic mass is 16.3. The first-order valence-electron chi connectivity index (χ1n) is 5.82. The summed E-state index contributed by atoms with van der Waals surface area (Å²) in [6.07, 6.45) is 1.58. The average molecular weight is 253 g/mol. The monoisotopic (exact) mass is 253 g/mol. The predicted molar refractivity (Wildman–Crippen MR) is 66.8 cm³/mol. The average Bonchev–Trinajstić information content (AvgIpc) is 2.82. The molecule has 0 unspecified atom stereocenters. The summed E-state index contributed by atoms with van der Waals surface area (Å²) in [7, 11) is 3.76. The normalized spacial score (nSPS) is 12.2. The van der Waals surface area contributed by atoms with E-state index in [-0.39, 0.29) is 6.04 Å². The highest BCUT2D eigenvalue weighted by Crippen LogP contribution is 2.17. The van der Waals surface area contributed by atoms with Crippen molar-refractivity contribution in [3.8, 4) is 0 Å². The fourth-order valence-corrected chi connectivity index (χ4v) is 1.53. The summed E-state index contributed by atoms with van der Waals surface area (Å²) in [5.41, 5.74) is 0. The second-order valence-electron chi connectivity index (χ2n) is 4.06. The van der Waals surface area contributed by atoms with Gasteiger partial charge in [0.15, 0.2) is 0 Å². The van der Waals surface area contributed by atoms with Crippen LogP contribution in [-0.4, -0.2) is 43.9 Å². The molecule has 6 nitrogen and oxygen atoms in total. The summed E-state index contributed by atoms with van der Waals surface area (Å²) in [6.45, 7) is 2.51. The third-order valence-electron chi connectivity index (χ3n) is 2.49. The Bertz CT molecular complexity index is 387. The number of nitrogens with zero attached hydrogens (tertiary/aromatic N) is 1. The van der Waals surface area contributed by atoms with Crippen molar-refractivity contribution >= 4 is 11.8 Å². The zero-order chi connectivity index (χ0) is 13.5. The van der Waals surface area contributed by atoms with Gasteiger partial charge in [-0.05, 0) is 33.2 Å². The molecule has 100 valence electrons. The van der Waals surface area contributed by atoms with Gasteiger partial charge in [0, 0.05) is 13.1 Å². The number of amides is 2. The summed E-state index contributed by atoms with van der Waals surface area (Å²) < 4.78 is 5.30. The van der Waals surface area contributed by atoms with Gasteiger partial charge in [0.2, 0.25) is 0 Å². The standard InChI is InChI=1S/C12H19N3O3/c1-4-13-11(16)12(17)14-8-9(15(2)3)10-6-5-7-18-10/h5-7,9H,4,8H2,1-3H3,(H,13,16)(H,14,17)/t9-/m1/s1. The maximum atomic E-state index is 11.5. The number of hydrogen-bond acceptors (Lipinski definition) is 4. The zero-order valence-corrected chi connectivity index (χ0v) is 10.9. The van der Waals surface area contributed by atoms with Crippen molar-refractivity contribution in [3.63, 3.8) is 0 Å². The van der Waals surface area contributed by atoms with Gasteiger partial charge in [0.25, 0.3) is 0 Å². The summed E-state index contributed by atoms with van der Waals surface area (Å²) in [5.74, 6) is -0.499. The van der Waals surface area contributed by atoms with Crippen LogP contribution in [0.1, 0.15) is 18.7 Å². The molecular formula is C12H19N3O3. The molecular weight excluding hydrogens is 234 g/mol. The van der Waals surface area contributed by atoms with Gasteiger partial charge < -0.3 is 15.1 Å². The number of carbonyl (C=O) groups excluding carboxylic acids is 2. The number of rotatable bonds is 5. The Kier molecular flexibility index (Phi) is 5.38. The minimum absolute atomic E-state index is 0.0987. The van der Waals surface area contributed by atoms with Gasteiger partial charge in [-0.25, -0.2) is 0 Å². The first kappa shape index (κ1) is 14.2. The van der Waals surface area contributed by atoms with Crippen LogP contribution in [0, 0.1) is 0 Å². The molecule has 0 saturated heterocycles. The fourth-order valence-electron chi connectivity index (χ4n) is 1.53. The molecule has 0 fully saturated rings. The minimum atomic E-state index is -0.629. The highest BCUT2D eigenvalue weighted by molar-refractivity contribution is 6.35. The van der Waals surface area contributed by atoms with E-state index in [4.69, 9.17) is 4.42 Å². The Morgan fingerprint density at radius 2 is 2.00 bits per heavy atom. The lowest BCUT2D eigenvalue weighted by molar-refractivity contribution is -0.139. The maximum Gasteiger partial charge on any atom is 0.309 e. The third-order valence-corrected chi connectivity index (χ3v) is 2.49. The lowest BCUT2D eigenvalue weighted by Gasteiger charge is -2.22. The molecule has 1 aromatic rings. The maximum absolute atomic E-state index is 11.5. The Hall–Kier alpha value is -1.82. The molecule has 0 aromatic carbocycles. The van der Waals surface area contributed by atoms with Gasteiger partial charge in [0.1, 0.15) is 5.76 Å². The lowest BCUT2D eigenvalue weighted by atomic mass is 10.2. The van der Waals surface area contributed by atoms with E-state index in [1.165, 1.54) is 0 Å². The number of nitrogens with one attached hydrogen (secondary N) is 2. The largest absolute Gasteiger partial charge is 0.468 e. The van der Waals surface area contributed by atoms with Gasteiger partial charge in [0.05, 0.1) is 12.3 Å². The van der Waals surface area contributed by atoms with E-state index in [1.807, 2.05) is 25.1 Å². The number of hydrogen-bond donors (Lipinski definition) is 2. The zero-order valence-electron chi connectivity index (χ0n) is 10.9. The Morgan fingerprint density at radius 1 is 1.33 bits per heavy atom. The fraction of sp³-hybridized carbons (Fsp3) is 0.500. The smallest absolute Gasteiger partial charge is 0.309 e. The molecule has 1 aromatic heterocycles. The van der Waals surface area contributed by atoms with Crippen LogP contribution in [0.25, 0.3) is 0 Å². The highest BCUT2D eigenvalue weighted by Gasteiger charge is 2.19. The molecule has 18 heavy (non-hydrogen) atoms. The third kappa shape index (κ3) is 3.89. The molecule has 0 radical (unpaired) electrons. The summed E-state index contributed by atoms with van der Waals surface area (Å²) >= 11 is 0. The van der Waals surface area contributed by atoms with E-state index in [0.29, 0.717) is 13.1 Å². The summed E-state index contributed by atoms with van der Waals surface area (Å²) in [5, 5.41) is 5.03. The SMILES string of the molecule is CCNC(=O)C(=O)NC[C@H](c1ccco1)N(C)C. The van der Waals surface area contributed by atoms with Crippen LogP contribution >= 0.6 is 0 Å². The van der Waals surface area contributed by atoms with Crippen LogP contribution in [-0.2, 0) is 9.59 Å². The van der Waals surface area contributed by atoms with Gasteiger partial charge in [-0.2, -0.15) is 0 Å². The molecule has 0 bridgehead atoms. The summed E-state index contributed by atoms with van der Waals surface area (Å²) in [4.78, 5) is 24.6. The molecule has 1 rings (SSSR count). The van der Waals surface area contributed by atoms with E-state index in [1.54, 1.807) is 19.3 Å². The first-order chi connectivity index (χ1) is 8.56. The molecule has 1 atom stereocenters. The van der Waals surface area contributed by atoms with Crippen molar-refractivity contribution in [2.45, 2.75) is 13.0 Å². The Labute approximate surface area is 106 Å². The van der Waals surface area contributed by atoms with Crippen LogP contribution in [0.2, 0.25) is 0 Å². The number of carbonyl (C=O) groups is 2. The van der Waals surface area contributed by atoms with E-state index >= 15 is 0 Å². The second-order valence-corrected chi connectivity index (χ2v) is 4.06. The van der Waals surface area contributed by atoms with E-state index in [0.717, 1.165) is 5.76 Å². The number of furan rings is 1. The van der Waals surface area contributed by atoms with Crippen molar-refractivity contribution in [1.82, 2.24) is 15.5 Å². The van der Waals surface area contributed by atoms with Gasteiger partial charge >= 0.3 is 11.8 Å². The molecule has 0 saturated carbocycles. The van der Waals surface area contributed by atoms with Crippen molar-refractivity contribution in [2.75, 3.05) is 27.2 Å². The first-order valence-corrected chi connectivity index (χ1v) is 5.82. The summed E-state index contributed by atoms with van der Waals surface area (Å²) in [6, 6.07) is 3.53. The molecule has 6 heteroatoms. The van der Waals surface area contributed by atoms with Crippen molar-refractivity contribution in [2.24, 2.45) is 0 Å². The van der Waals surface area contributed by atoms with E-state index in [2.05, 4.69) is 10.6 Å². The molecule has 0 spiro atoms. The molecule has 1 heterocycles. The molecule has 0 aliphatic carbocycles. The van der Waals surface area contributed by atoms with Crippen molar-refractivity contribution in [1.29, 1.82) is 0 Å². The van der Waals surface area contributed by atoms with Crippen LogP contribution in [0.3, 0.4) is 0 Å². The minimum Gasteiger partial charge on any atom is -0.468 e. The van der Waals surface area contributed by atoms with Crippen LogP contribution < -0.4 is 10.6 Å². The van der Waals surface area contributed by atoms with Crippen molar-refractivity contribution in [3.05, 3.63) is 24.2 Å². The van der Waals surface area contributed by atoms with Crippen molar-refractivity contribution < 1.29 is 14.0 Å².